The molecular formula is C28H26O4. The van der Waals surface area contributed by atoms with Gasteiger partial charge in [-0.05, 0) is 89.2 Å². The van der Waals surface area contributed by atoms with Crippen molar-refractivity contribution in [1.82, 2.24) is 0 Å². The lowest BCUT2D eigenvalue weighted by molar-refractivity contribution is 0.0697. The van der Waals surface area contributed by atoms with E-state index in [9.17, 15) is 15.0 Å². The molecule has 0 fully saturated rings. The van der Waals surface area contributed by atoms with E-state index in [0.29, 0.717) is 12.4 Å². The molecule has 0 saturated carbocycles. The molecule has 0 aliphatic rings. The number of ether oxygens (including phenoxy) is 1. The van der Waals surface area contributed by atoms with Crippen LogP contribution in [0.2, 0.25) is 0 Å². The van der Waals surface area contributed by atoms with Gasteiger partial charge >= 0.3 is 5.97 Å². The van der Waals surface area contributed by atoms with E-state index >= 15 is 0 Å². The molecule has 0 bridgehead atoms. The number of fused-ring (bicyclic) bond motifs is 1. The zero-order valence-electron chi connectivity index (χ0n) is 18.5. The zero-order valence-corrected chi connectivity index (χ0v) is 18.5. The van der Waals surface area contributed by atoms with Crippen molar-refractivity contribution in [3.05, 3.63) is 100 Å². The number of aliphatic hydroxyl groups excluding tert-OH is 1. The summed E-state index contributed by atoms with van der Waals surface area (Å²) in [5.74, 6) is -0.279. The highest BCUT2D eigenvalue weighted by Gasteiger charge is 2.12. The topological polar surface area (TPSA) is 66.8 Å². The van der Waals surface area contributed by atoms with Gasteiger partial charge in [-0.15, -0.1) is 0 Å². The van der Waals surface area contributed by atoms with Gasteiger partial charge in [-0.3, -0.25) is 0 Å². The number of aryl methyl sites for hydroxylation is 3. The molecule has 0 atom stereocenters. The van der Waals surface area contributed by atoms with E-state index in [1.165, 1.54) is 22.3 Å². The van der Waals surface area contributed by atoms with Gasteiger partial charge in [-0.2, -0.15) is 0 Å². The lowest BCUT2D eigenvalue weighted by atomic mass is 9.95. The van der Waals surface area contributed by atoms with Crippen molar-refractivity contribution in [2.24, 2.45) is 0 Å². The van der Waals surface area contributed by atoms with Crippen LogP contribution in [-0.4, -0.2) is 16.2 Å². The molecule has 0 saturated heterocycles. The molecule has 0 amide bonds. The Morgan fingerprint density at radius 1 is 0.875 bits per heavy atom. The number of carboxylic acids is 1. The first kappa shape index (κ1) is 21.6. The van der Waals surface area contributed by atoms with Crippen molar-refractivity contribution in [3.8, 4) is 16.9 Å². The first-order chi connectivity index (χ1) is 15.4. The molecule has 162 valence electrons. The van der Waals surface area contributed by atoms with E-state index in [4.69, 9.17) is 4.74 Å². The fourth-order valence-electron chi connectivity index (χ4n) is 4.18. The van der Waals surface area contributed by atoms with Crippen molar-refractivity contribution in [2.75, 3.05) is 0 Å². The Morgan fingerprint density at radius 3 is 2.19 bits per heavy atom. The minimum Gasteiger partial charge on any atom is -0.489 e. The minimum atomic E-state index is -0.975. The van der Waals surface area contributed by atoms with Gasteiger partial charge in [0.2, 0.25) is 0 Å². The maximum atomic E-state index is 11.8. The van der Waals surface area contributed by atoms with Crippen molar-refractivity contribution < 1.29 is 19.7 Å². The first-order valence-electron chi connectivity index (χ1n) is 10.6. The van der Waals surface area contributed by atoms with Gasteiger partial charge < -0.3 is 14.9 Å². The third-order valence-corrected chi connectivity index (χ3v) is 5.84. The molecular weight excluding hydrogens is 400 g/mol. The molecule has 4 aromatic rings. The van der Waals surface area contributed by atoms with Crippen molar-refractivity contribution in [2.45, 2.75) is 34.0 Å². The van der Waals surface area contributed by atoms with Crippen LogP contribution in [0.3, 0.4) is 0 Å². The van der Waals surface area contributed by atoms with Gasteiger partial charge in [-0.25, -0.2) is 4.79 Å². The molecule has 0 heterocycles. The molecule has 0 radical (unpaired) electrons. The second-order valence-corrected chi connectivity index (χ2v) is 8.23. The number of carbonyl (C=O) groups is 1. The predicted molar refractivity (Wildman–Crippen MR) is 127 cm³/mol. The van der Waals surface area contributed by atoms with E-state index in [1.54, 1.807) is 12.1 Å². The molecule has 32 heavy (non-hydrogen) atoms. The number of aromatic carboxylic acids is 1. The highest BCUT2D eigenvalue weighted by molar-refractivity contribution is 6.03. The molecule has 0 aromatic heterocycles. The van der Waals surface area contributed by atoms with Crippen LogP contribution in [0.5, 0.6) is 5.75 Å². The fourth-order valence-corrected chi connectivity index (χ4v) is 4.18. The Bertz CT molecular complexity index is 1280. The molecule has 0 spiro atoms. The Kier molecular flexibility index (Phi) is 5.97. The zero-order chi connectivity index (χ0) is 22.8. The standard InChI is InChI=1S/C28H26O4/c1-17-10-18(2)27(19(3)11-17)16-32-24-8-9-25-22(13-24)12-23(28(30)31)14-26(25)21-6-4-20(15-29)5-7-21/h4-14,29H,15-16H2,1-3H3,(H,30,31). The summed E-state index contributed by atoms with van der Waals surface area (Å²) in [6.07, 6.45) is 0. The smallest absolute Gasteiger partial charge is 0.335 e. The molecule has 0 unspecified atom stereocenters. The average Bonchev–Trinajstić information content (AvgIpc) is 2.77. The van der Waals surface area contributed by atoms with Crippen LogP contribution in [0.25, 0.3) is 21.9 Å². The lowest BCUT2D eigenvalue weighted by Crippen LogP contribution is -2.02. The number of aliphatic hydroxyl groups is 1. The molecule has 0 aliphatic carbocycles. The maximum Gasteiger partial charge on any atom is 0.335 e. The first-order valence-corrected chi connectivity index (χ1v) is 10.6. The van der Waals surface area contributed by atoms with Gasteiger partial charge in [-0.1, -0.05) is 48.0 Å². The van der Waals surface area contributed by atoms with Crippen LogP contribution in [0, 0.1) is 20.8 Å². The summed E-state index contributed by atoms with van der Waals surface area (Å²) in [6.45, 7) is 6.69. The fraction of sp³-hybridized carbons (Fsp3) is 0.179. The second-order valence-electron chi connectivity index (χ2n) is 8.23. The molecule has 0 aliphatic heterocycles. The number of hydrogen-bond donors (Lipinski definition) is 2. The van der Waals surface area contributed by atoms with E-state index in [0.717, 1.165) is 27.5 Å². The molecule has 4 rings (SSSR count). The monoisotopic (exact) mass is 426 g/mol. The third-order valence-electron chi connectivity index (χ3n) is 5.84. The average molecular weight is 427 g/mol. The van der Waals surface area contributed by atoms with Gasteiger partial charge in [0.1, 0.15) is 12.4 Å². The Hall–Kier alpha value is -3.63. The number of carboxylic acid groups (broad SMARTS) is 1. The summed E-state index contributed by atoms with van der Waals surface area (Å²) in [7, 11) is 0. The Balaban J connectivity index is 1.72. The highest BCUT2D eigenvalue weighted by atomic mass is 16.5. The van der Waals surface area contributed by atoms with Crippen LogP contribution in [0.4, 0.5) is 0 Å². The van der Waals surface area contributed by atoms with E-state index < -0.39 is 5.97 Å². The summed E-state index contributed by atoms with van der Waals surface area (Å²) in [5.41, 5.74) is 7.56. The lowest BCUT2D eigenvalue weighted by Gasteiger charge is -2.14. The Labute approximate surface area is 187 Å². The third kappa shape index (κ3) is 4.36. The van der Waals surface area contributed by atoms with Gasteiger partial charge in [0.25, 0.3) is 0 Å². The molecule has 4 heteroatoms. The summed E-state index contributed by atoms with van der Waals surface area (Å²) in [5, 5.41) is 20.7. The summed E-state index contributed by atoms with van der Waals surface area (Å²) >= 11 is 0. The maximum absolute atomic E-state index is 11.8. The van der Waals surface area contributed by atoms with Crippen molar-refractivity contribution in [3.63, 3.8) is 0 Å². The van der Waals surface area contributed by atoms with Gasteiger partial charge in [0, 0.05) is 0 Å². The molecule has 2 N–H and O–H groups in total. The van der Waals surface area contributed by atoms with E-state index in [1.807, 2.05) is 42.5 Å². The summed E-state index contributed by atoms with van der Waals surface area (Å²) in [6, 6.07) is 21.0. The van der Waals surface area contributed by atoms with Crippen LogP contribution >= 0.6 is 0 Å². The van der Waals surface area contributed by atoms with Crippen LogP contribution in [0.1, 0.15) is 38.2 Å². The predicted octanol–water partition coefficient (Wildman–Crippen LogP) is 6.20. The largest absolute Gasteiger partial charge is 0.489 e. The number of rotatable bonds is 6. The Morgan fingerprint density at radius 2 is 1.56 bits per heavy atom. The number of hydrogen-bond acceptors (Lipinski definition) is 3. The minimum absolute atomic E-state index is 0.0309. The second kappa shape index (κ2) is 8.85. The summed E-state index contributed by atoms with van der Waals surface area (Å²) < 4.78 is 6.10. The molecule has 4 nitrogen and oxygen atoms in total. The van der Waals surface area contributed by atoms with Gasteiger partial charge in [0.05, 0.1) is 12.2 Å². The van der Waals surface area contributed by atoms with Crippen LogP contribution < -0.4 is 4.74 Å². The molecule has 4 aromatic carbocycles. The van der Waals surface area contributed by atoms with E-state index in [2.05, 4.69) is 32.9 Å². The summed E-state index contributed by atoms with van der Waals surface area (Å²) in [4.78, 5) is 11.8. The van der Waals surface area contributed by atoms with Crippen molar-refractivity contribution >= 4 is 16.7 Å². The van der Waals surface area contributed by atoms with Crippen LogP contribution in [-0.2, 0) is 13.2 Å². The van der Waals surface area contributed by atoms with Gasteiger partial charge in [0.15, 0.2) is 0 Å². The van der Waals surface area contributed by atoms with E-state index in [-0.39, 0.29) is 12.2 Å². The van der Waals surface area contributed by atoms with Crippen molar-refractivity contribution in [1.29, 1.82) is 0 Å². The highest BCUT2D eigenvalue weighted by Crippen LogP contribution is 2.33. The normalized spacial score (nSPS) is 11.0. The van der Waals surface area contributed by atoms with Crippen LogP contribution in [0.15, 0.2) is 66.7 Å². The quantitative estimate of drug-likeness (QED) is 0.385. The SMILES string of the molecule is Cc1cc(C)c(COc2ccc3c(-c4ccc(CO)cc4)cc(C(=O)O)cc3c2)c(C)c1. The number of benzene rings is 4.